The van der Waals surface area contributed by atoms with E-state index in [-0.39, 0.29) is 103 Å². The van der Waals surface area contributed by atoms with Gasteiger partial charge in [0.1, 0.15) is 30.9 Å². The first-order valence-corrected chi connectivity index (χ1v) is 6.33. The molecule has 0 saturated carbocycles. The van der Waals surface area contributed by atoms with Crippen molar-refractivity contribution in [1.82, 2.24) is 0 Å². The van der Waals surface area contributed by atoms with Crippen molar-refractivity contribution in [3.8, 4) is 11.5 Å². The van der Waals surface area contributed by atoms with Crippen molar-refractivity contribution in [3.05, 3.63) is 12.1 Å². The van der Waals surface area contributed by atoms with Gasteiger partial charge in [-0.3, -0.25) is 0 Å². The molecule has 0 radical (unpaired) electrons. The van der Waals surface area contributed by atoms with Crippen LogP contribution in [0.5, 0.6) is 11.5 Å². The van der Waals surface area contributed by atoms with E-state index < -0.39 is 41.5 Å². The van der Waals surface area contributed by atoms with Crippen molar-refractivity contribution in [3.63, 3.8) is 0 Å². The summed E-state index contributed by atoms with van der Waals surface area (Å²) < 4.78 is 63.4. The summed E-state index contributed by atoms with van der Waals surface area (Å²) in [5.41, 5.74) is 0. The van der Waals surface area contributed by atoms with Gasteiger partial charge in [-0.05, 0) is 12.1 Å². The molecule has 0 aliphatic rings. The molecule has 0 unspecified atom stereocenters. The van der Waals surface area contributed by atoms with Crippen molar-refractivity contribution < 1.29 is 139 Å². The molecule has 1 aromatic carbocycles. The van der Waals surface area contributed by atoms with Gasteiger partial charge in [0.15, 0.2) is 5.75 Å². The molecule has 90 valence electrons. The summed E-state index contributed by atoms with van der Waals surface area (Å²) in [5.74, 6) is -2.72. The van der Waals surface area contributed by atoms with E-state index in [1.807, 2.05) is 0 Å². The molecule has 1 rings (SSSR count). The van der Waals surface area contributed by atoms with E-state index in [0.29, 0.717) is 12.1 Å². The van der Waals surface area contributed by atoms with Crippen LogP contribution in [0.1, 0.15) is 0 Å². The smallest absolute Gasteiger partial charge is 0.744 e. The third-order valence-electron chi connectivity index (χ3n) is 1.59. The van der Waals surface area contributed by atoms with E-state index >= 15 is 0 Å². The van der Waals surface area contributed by atoms with E-state index in [2.05, 4.69) is 0 Å². The van der Waals surface area contributed by atoms with Gasteiger partial charge >= 0.3 is 103 Å². The Hall–Kier alpha value is 1.91. The Morgan fingerprint density at radius 1 is 0.889 bits per heavy atom. The monoisotopic (exact) mass is 346 g/mol. The fourth-order valence-corrected chi connectivity index (χ4v) is 2.30. The first-order chi connectivity index (χ1) is 7.05. The molecular formula is C6H4K2O8S2. The second kappa shape index (κ2) is 7.79. The normalized spacial score (nSPS) is 11.2. The molecular weight excluding hydrogens is 342 g/mol. The van der Waals surface area contributed by atoms with E-state index in [1.165, 1.54) is 0 Å². The Kier molecular flexibility index (Phi) is 9.61. The van der Waals surface area contributed by atoms with Gasteiger partial charge < -0.3 is 19.3 Å². The summed E-state index contributed by atoms with van der Waals surface area (Å²) in [6.45, 7) is 0. The maximum absolute atomic E-state index is 10.6. The third-order valence-corrected chi connectivity index (χ3v) is 3.36. The third kappa shape index (κ3) is 5.36. The summed E-state index contributed by atoms with van der Waals surface area (Å²) in [6.07, 6.45) is 0. The van der Waals surface area contributed by atoms with Crippen LogP contribution in [0.15, 0.2) is 21.9 Å². The zero-order valence-corrected chi connectivity index (χ0v) is 17.2. The molecule has 0 aliphatic heterocycles. The summed E-state index contributed by atoms with van der Waals surface area (Å²) in [4.78, 5) is -2.83. The Morgan fingerprint density at radius 3 is 1.67 bits per heavy atom. The van der Waals surface area contributed by atoms with Crippen molar-refractivity contribution >= 4 is 20.2 Å². The quantitative estimate of drug-likeness (QED) is 0.395. The summed E-state index contributed by atoms with van der Waals surface area (Å²) in [5, 5.41) is 18.1. The molecule has 0 saturated heterocycles. The van der Waals surface area contributed by atoms with Gasteiger partial charge in [-0.2, -0.15) is 0 Å². The summed E-state index contributed by atoms with van der Waals surface area (Å²) in [7, 11) is -10.4. The number of benzene rings is 1. The Bertz CT molecular complexity index is 636. The molecule has 12 heteroatoms. The van der Waals surface area contributed by atoms with Crippen LogP contribution in [0, 0.1) is 0 Å². The second-order valence-corrected chi connectivity index (χ2v) is 5.33. The maximum Gasteiger partial charge on any atom is 1.00 e. The molecule has 0 amide bonds. The molecule has 0 spiro atoms. The first kappa shape index (κ1) is 22.2. The minimum Gasteiger partial charge on any atom is -0.744 e. The van der Waals surface area contributed by atoms with Gasteiger partial charge in [0.2, 0.25) is 0 Å². The number of hydrogen-bond acceptors (Lipinski definition) is 8. The molecule has 8 nitrogen and oxygen atoms in total. The molecule has 18 heavy (non-hydrogen) atoms. The van der Waals surface area contributed by atoms with Gasteiger partial charge in [0.05, 0.1) is 4.90 Å². The molecule has 0 bridgehead atoms. The van der Waals surface area contributed by atoms with Gasteiger partial charge in [-0.25, -0.2) is 16.8 Å². The van der Waals surface area contributed by atoms with Crippen LogP contribution >= 0.6 is 0 Å². The minimum absolute atomic E-state index is 0. The van der Waals surface area contributed by atoms with Crippen molar-refractivity contribution in [2.24, 2.45) is 0 Å². The Balaban J connectivity index is 0. The second-order valence-electron chi connectivity index (χ2n) is 2.67. The summed E-state index contributed by atoms with van der Waals surface area (Å²) in [6, 6.07) is 0.997. The fraction of sp³-hybridized carbons (Fsp3) is 0. The summed E-state index contributed by atoms with van der Waals surface area (Å²) >= 11 is 0. The predicted octanol–water partition coefficient (Wildman–Crippen LogP) is -7.09. The molecule has 0 fully saturated rings. The van der Waals surface area contributed by atoms with Gasteiger partial charge in [0, 0.05) is 0 Å². The van der Waals surface area contributed by atoms with E-state index in [9.17, 15) is 25.9 Å². The minimum atomic E-state index is -5.30. The van der Waals surface area contributed by atoms with E-state index in [4.69, 9.17) is 10.2 Å². The van der Waals surface area contributed by atoms with Crippen LogP contribution in [0.2, 0.25) is 0 Å². The van der Waals surface area contributed by atoms with Crippen molar-refractivity contribution in [2.45, 2.75) is 9.79 Å². The number of hydrogen-bond donors (Lipinski definition) is 2. The number of phenolic OH excluding ortho intramolecular Hbond substituents is 2. The molecule has 2 N–H and O–H groups in total. The van der Waals surface area contributed by atoms with Crippen molar-refractivity contribution in [2.75, 3.05) is 0 Å². The number of rotatable bonds is 2. The van der Waals surface area contributed by atoms with Gasteiger partial charge in [-0.1, -0.05) is 0 Å². The Labute approximate surface area is 188 Å². The standard InChI is InChI=1S/C6H6O8S2.2K/c7-3-1-2-4(15(9,10)11)5(8)6(3)16(12,13)14;;/h1-2,7-8H,(H,9,10,11)(H,12,13,14);;/q;2*+1/p-2. The molecule has 0 atom stereocenters. The van der Waals surface area contributed by atoms with Gasteiger partial charge in [0.25, 0.3) is 0 Å². The largest absolute Gasteiger partial charge is 1.00 e. The first-order valence-electron chi connectivity index (χ1n) is 3.52. The molecule has 1 aromatic rings. The van der Waals surface area contributed by atoms with Crippen LogP contribution in [0.3, 0.4) is 0 Å². The van der Waals surface area contributed by atoms with E-state index in [0.717, 1.165) is 0 Å². The number of phenols is 2. The predicted molar refractivity (Wildman–Crippen MR) is 45.7 cm³/mol. The van der Waals surface area contributed by atoms with Crippen molar-refractivity contribution in [1.29, 1.82) is 0 Å². The van der Waals surface area contributed by atoms with Crippen LogP contribution in [-0.4, -0.2) is 36.2 Å². The number of aromatic hydroxyl groups is 2. The van der Waals surface area contributed by atoms with Crippen LogP contribution in [0.25, 0.3) is 0 Å². The van der Waals surface area contributed by atoms with E-state index in [1.54, 1.807) is 0 Å². The average molecular weight is 346 g/mol. The Morgan fingerprint density at radius 2 is 1.33 bits per heavy atom. The van der Waals surface area contributed by atoms with Crippen LogP contribution in [0.4, 0.5) is 0 Å². The fourth-order valence-electron chi connectivity index (χ4n) is 0.991. The zero-order chi connectivity index (χ0) is 12.7. The zero-order valence-electron chi connectivity index (χ0n) is 9.32. The molecule has 0 aliphatic carbocycles. The van der Waals surface area contributed by atoms with Crippen LogP contribution in [-0.2, 0) is 20.2 Å². The van der Waals surface area contributed by atoms with Crippen LogP contribution < -0.4 is 103 Å². The van der Waals surface area contributed by atoms with Gasteiger partial charge in [-0.15, -0.1) is 0 Å². The molecule has 0 heterocycles. The maximum atomic E-state index is 10.6. The topological polar surface area (TPSA) is 155 Å². The molecule has 0 aromatic heterocycles. The average Bonchev–Trinajstić information content (AvgIpc) is 1.97. The SMILES string of the molecule is O=S(=O)([O-])c1ccc(O)c(S(=O)(=O)[O-])c1O.[K+].[K+].